The average molecular weight is 258 g/mol. The molecule has 0 aromatic heterocycles. The van der Waals surface area contributed by atoms with Crippen molar-refractivity contribution >= 4 is 11.9 Å². The van der Waals surface area contributed by atoms with Crippen LogP contribution in [0.15, 0.2) is 0 Å². The van der Waals surface area contributed by atoms with Gasteiger partial charge in [0.15, 0.2) is 0 Å². The molecule has 0 spiro atoms. The predicted molar refractivity (Wildman–Crippen MR) is 66.3 cm³/mol. The molecule has 6 nitrogen and oxygen atoms in total. The van der Waals surface area contributed by atoms with Crippen molar-refractivity contribution in [1.82, 2.24) is 9.80 Å². The van der Waals surface area contributed by atoms with Crippen molar-refractivity contribution in [2.45, 2.75) is 19.4 Å². The second-order valence-corrected chi connectivity index (χ2v) is 5.03. The summed E-state index contributed by atoms with van der Waals surface area (Å²) in [5, 5.41) is 8.85. The van der Waals surface area contributed by atoms with Gasteiger partial charge in [0.1, 0.15) is 6.54 Å². The summed E-state index contributed by atoms with van der Waals surface area (Å²) in [5.74, 6) is -1.28. The van der Waals surface area contributed by atoms with Gasteiger partial charge < -0.3 is 19.6 Å². The van der Waals surface area contributed by atoms with Crippen LogP contribution in [0.1, 0.15) is 13.3 Å². The van der Waals surface area contributed by atoms with Crippen molar-refractivity contribution < 1.29 is 19.4 Å². The molecule has 0 saturated carbocycles. The first-order valence-corrected chi connectivity index (χ1v) is 6.17. The van der Waals surface area contributed by atoms with Gasteiger partial charge in [0, 0.05) is 13.1 Å². The van der Waals surface area contributed by atoms with Gasteiger partial charge in [-0.15, -0.1) is 0 Å². The second-order valence-electron chi connectivity index (χ2n) is 5.03. The summed E-state index contributed by atoms with van der Waals surface area (Å²) < 4.78 is 5.36. The van der Waals surface area contributed by atoms with Crippen LogP contribution in [0.3, 0.4) is 0 Å². The average Bonchev–Trinajstić information content (AvgIpc) is 2.69. The largest absolute Gasteiger partial charge is 0.480 e. The maximum absolute atomic E-state index is 12.2. The fourth-order valence-electron chi connectivity index (χ4n) is 2.00. The molecule has 104 valence electrons. The van der Waals surface area contributed by atoms with E-state index in [0.29, 0.717) is 26.1 Å². The smallest absolute Gasteiger partial charge is 0.323 e. The third-order valence-electron chi connectivity index (χ3n) is 3.00. The number of carboxylic acid groups (broad SMARTS) is 1. The van der Waals surface area contributed by atoms with Crippen LogP contribution in [0.25, 0.3) is 0 Å². The number of amides is 1. The van der Waals surface area contributed by atoms with Gasteiger partial charge in [0.2, 0.25) is 5.91 Å². The number of nitrogens with zero attached hydrogens (tertiary/aromatic N) is 2. The van der Waals surface area contributed by atoms with E-state index in [4.69, 9.17) is 9.84 Å². The van der Waals surface area contributed by atoms with E-state index in [9.17, 15) is 9.59 Å². The molecule has 2 atom stereocenters. The molecule has 1 fully saturated rings. The molecule has 1 amide bonds. The van der Waals surface area contributed by atoms with Crippen LogP contribution in [-0.4, -0.2) is 73.2 Å². The molecule has 1 saturated heterocycles. The molecule has 18 heavy (non-hydrogen) atoms. The van der Waals surface area contributed by atoms with Crippen molar-refractivity contribution in [2.75, 3.05) is 40.3 Å². The Morgan fingerprint density at radius 3 is 2.44 bits per heavy atom. The monoisotopic (exact) mass is 258 g/mol. The Morgan fingerprint density at radius 2 is 2.00 bits per heavy atom. The third kappa shape index (κ3) is 4.62. The molecule has 1 rings (SSSR count). The number of carboxylic acids is 1. The molecule has 0 aromatic rings. The molecule has 0 aliphatic carbocycles. The standard InChI is InChI=1S/C12H22N2O4/c1-9-6-10(8-18-9)12(17)14(7-11(15)16)5-4-13(2)3/h9-10H,4-8H2,1-3H3,(H,15,16). The second kappa shape index (κ2) is 6.70. The first-order valence-electron chi connectivity index (χ1n) is 6.17. The summed E-state index contributed by atoms with van der Waals surface area (Å²) in [7, 11) is 3.79. The summed E-state index contributed by atoms with van der Waals surface area (Å²) in [4.78, 5) is 26.3. The number of carbonyl (C=O) groups is 2. The zero-order valence-corrected chi connectivity index (χ0v) is 11.3. The Hall–Kier alpha value is -1.14. The first-order chi connectivity index (χ1) is 8.40. The molecule has 1 N–H and O–H groups in total. The fourth-order valence-corrected chi connectivity index (χ4v) is 2.00. The number of likely N-dealkylation sites (N-methyl/N-ethyl adjacent to an activating group) is 1. The number of ether oxygens (including phenoxy) is 1. The minimum Gasteiger partial charge on any atom is -0.480 e. The van der Waals surface area contributed by atoms with Crippen molar-refractivity contribution in [3.05, 3.63) is 0 Å². The number of aliphatic carboxylic acids is 1. The molecule has 6 heteroatoms. The van der Waals surface area contributed by atoms with Gasteiger partial charge in [-0.3, -0.25) is 9.59 Å². The normalized spacial score (nSPS) is 23.3. The van der Waals surface area contributed by atoms with Gasteiger partial charge >= 0.3 is 5.97 Å². The van der Waals surface area contributed by atoms with E-state index in [0.717, 1.165) is 0 Å². The number of hydrogen-bond acceptors (Lipinski definition) is 4. The van der Waals surface area contributed by atoms with E-state index in [1.165, 1.54) is 4.90 Å². The number of hydrogen-bond donors (Lipinski definition) is 1. The van der Waals surface area contributed by atoms with E-state index in [1.807, 2.05) is 25.9 Å². The van der Waals surface area contributed by atoms with Gasteiger partial charge in [-0.1, -0.05) is 0 Å². The van der Waals surface area contributed by atoms with Gasteiger partial charge in [-0.25, -0.2) is 0 Å². The van der Waals surface area contributed by atoms with Crippen molar-refractivity contribution in [3.8, 4) is 0 Å². The molecule has 1 aliphatic heterocycles. The zero-order valence-electron chi connectivity index (χ0n) is 11.3. The van der Waals surface area contributed by atoms with E-state index in [-0.39, 0.29) is 24.5 Å². The van der Waals surface area contributed by atoms with Crippen LogP contribution >= 0.6 is 0 Å². The maximum Gasteiger partial charge on any atom is 0.323 e. The van der Waals surface area contributed by atoms with Gasteiger partial charge in [0.05, 0.1) is 18.6 Å². The zero-order chi connectivity index (χ0) is 13.7. The van der Waals surface area contributed by atoms with Crippen molar-refractivity contribution in [3.63, 3.8) is 0 Å². The minimum absolute atomic E-state index is 0.0828. The Morgan fingerprint density at radius 1 is 1.33 bits per heavy atom. The maximum atomic E-state index is 12.2. The SMILES string of the molecule is CC1CC(C(=O)N(CCN(C)C)CC(=O)O)CO1. The van der Waals surface area contributed by atoms with E-state index in [1.54, 1.807) is 0 Å². The number of rotatable bonds is 6. The summed E-state index contributed by atoms with van der Waals surface area (Å²) in [5.41, 5.74) is 0. The molecule has 0 radical (unpaired) electrons. The van der Waals surface area contributed by atoms with Gasteiger partial charge in [-0.05, 0) is 27.4 Å². The van der Waals surface area contributed by atoms with Crippen LogP contribution in [-0.2, 0) is 14.3 Å². The van der Waals surface area contributed by atoms with Crippen LogP contribution < -0.4 is 0 Å². The molecular weight excluding hydrogens is 236 g/mol. The van der Waals surface area contributed by atoms with E-state index >= 15 is 0 Å². The highest BCUT2D eigenvalue weighted by Crippen LogP contribution is 2.21. The highest BCUT2D eigenvalue weighted by atomic mass is 16.5. The Labute approximate surface area is 107 Å². The van der Waals surface area contributed by atoms with Gasteiger partial charge in [-0.2, -0.15) is 0 Å². The Bertz CT molecular complexity index is 306. The summed E-state index contributed by atoms with van der Waals surface area (Å²) in [6.45, 7) is 3.18. The lowest BCUT2D eigenvalue weighted by Gasteiger charge is -2.25. The summed E-state index contributed by atoms with van der Waals surface area (Å²) in [6.07, 6.45) is 0.760. The van der Waals surface area contributed by atoms with Crippen molar-refractivity contribution in [2.24, 2.45) is 5.92 Å². The van der Waals surface area contributed by atoms with Crippen LogP contribution in [0.4, 0.5) is 0 Å². The van der Waals surface area contributed by atoms with E-state index < -0.39 is 5.97 Å². The van der Waals surface area contributed by atoms with E-state index in [2.05, 4.69) is 0 Å². The molecule has 1 aliphatic rings. The Kier molecular flexibility index (Phi) is 5.55. The lowest BCUT2D eigenvalue weighted by molar-refractivity contribution is -0.146. The lowest BCUT2D eigenvalue weighted by Crippen LogP contribution is -2.43. The molecule has 1 heterocycles. The predicted octanol–water partition coefficient (Wildman–Crippen LogP) is -0.114. The van der Waals surface area contributed by atoms with Crippen LogP contribution in [0, 0.1) is 5.92 Å². The van der Waals surface area contributed by atoms with Crippen LogP contribution in [0.5, 0.6) is 0 Å². The summed E-state index contributed by atoms with van der Waals surface area (Å²) >= 11 is 0. The quantitative estimate of drug-likeness (QED) is 0.719. The van der Waals surface area contributed by atoms with Crippen LogP contribution in [0.2, 0.25) is 0 Å². The first kappa shape index (κ1) is 14.9. The fraction of sp³-hybridized carbons (Fsp3) is 0.833. The highest BCUT2D eigenvalue weighted by Gasteiger charge is 2.32. The molecular formula is C12H22N2O4. The molecule has 0 aromatic carbocycles. The Balaban J connectivity index is 2.57. The lowest BCUT2D eigenvalue weighted by atomic mass is 10.0. The summed E-state index contributed by atoms with van der Waals surface area (Å²) in [6, 6.07) is 0. The van der Waals surface area contributed by atoms with Crippen molar-refractivity contribution in [1.29, 1.82) is 0 Å². The van der Waals surface area contributed by atoms with Gasteiger partial charge in [0.25, 0.3) is 0 Å². The minimum atomic E-state index is -0.978. The highest BCUT2D eigenvalue weighted by molar-refractivity contribution is 5.83. The molecule has 0 bridgehead atoms. The third-order valence-corrected chi connectivity index (χ3v) is 3.00. The number of carbonyl (C=O) groups excluding carboxylic acids is 1. The molecule has 2 unspecified atom stereocenters. The topological polar surface area (TPSA) is 70.1 Å².